The normalized spacial score (nSPS) is 15.2. The average Bonchev–Trinajstić information content (AvgIpc) is 2.73. The van der Waals surface area contributed by atoms with Gasteiger partial charge in [0.15, 0.2) is 16.3 Å². The molecule has 3 aromatic rings. The van der Waals surface area contributed by atoms with E-state index in [4.69, 9.17) is 16.3 Å². The fraction of sp³-hybridized carbons (Fsp3) is 0.368. The Labute approximate surface area is 166 Å². The minimum atomic E-state index is -0.451. The monoisotopic (exact) mass is 401 g/mol. The van der Waals surface area contributed by atoms with Crippen molar-refractivity contribution in [2.24, 2.45) is 7.05 Å². The van der Waals surface area contributed by atoms with E-state index in [1.54, 1.807) is 7.05 Å². The summed E-state index contributed by atoms with van der Waals surface area (Å²) in [6.07, 6.45) is 0. The quantitative estimate of drug-likeness (QED) is 0.652. The van der Waals surface area contributed by atoms with Crippen molar-refractivity contribution in [3.05, 3.63) is 56.3 Å². The van der Waals surface area contributed by atoms with Crippen LogP contribution in [0.3, 0.4) is 0 Å². The molecule has 0 spiro atoms. The van der Waals surface area contributed by atoms with Crippen molar-refractivity contribution in [1.82, 2.24) is 24.0 Å². The van der Waals surface area contributed by atoms with E-state index in [0.29, 0.717) is 25.5 Å². The first kappa shape index (κ1) is 18.8. The summed E-state index contributed by atoms with van der Waals surface area (Å²) in [6.45, 7) is 3.78. The summed E-state index contributed by atoms with van der Waals surface area (Å²) in [5.41, 5.74) is 0.617. The van der Waals surface area contributed by atoms with Gasteiger partial charge < -0.3 is 4.74 Å². The molecule has 9 heteroatoms. The van der Waals surface area contributed by atoms with Crippen molar-refractivity contribution in [2.75, 3.05) is 32.8 Å². The molecule has 0 aliphatic carbocycles. The molecule has 1 aromatic carbocycles. The smallest absolute Gasteiger partial charge is 0.332 e. The maximum Gasteiger partial charge on any atom is 0.332 e. The molecule has 3 heterocycles. The lowest BCUT2D eigenvalue weighted by atomic mass is 10.1. The molecule has 1 aliphatic heterocycles. The summed E-state index contributed by atoms with van der Waals surface area (Å²) in [7, 11) is 1.57. The number of benzene rings is 1. The van der Waals surface area contributed by atoms with E-state index >= 15 is 0 Å². The molecule has 2 aromatic heterocycles. The first-order chi connectivity index (χ1) is 13.6. The van der Waals surface area contributed by atoms with E-state index in [2.05, 4.69) is 14.9 Å². The predicted octanol–water partition coefficient (Wildman–Crippen LogP) is 1.14. The summed E-state index contributed by atoms with van der Waals surface area (Å²) in [5.74, 6) is 0. The number of halogens is 1. The van der Waals surface area contributed by atoms with Crippen LogP contribution in [0.5, 0.6) is 0 Å². The zero-order chi connectivity index (χ0) is 19.7. The van der Waals surface area contributed by atoms with Gasteiger partial charge in [-0.15, -0.1) is 0 Å². The first-order valence-electron chi connectivity index (χ1n) is 9.09. The van der Waals surface area contributed by atoms with Gasteiger partial charge in [-0.25, -0.2) is 14.8 Å². The summed E-state index contributed by atoms with van der Waals surface area (Å²) >= 11 is 6.30. The lowest BCUT2D eigenvalue weighted by Crippen LogP contribution is -2.44. The van der Waals surface area contributed by atoms with Crippen molar-refractivity contribution >= 4 is 22.8 Å². The fourth-order valence-corrected chi connectivity index (χ4v) is 3.54. The van der Waals surface area contributed by atoms with Crippen LogP contribution < -0.4 is 11.2 Å². The number of fused-ring (bicyclic) bond motifs is 1. The summed E-state index contributed by atoms with van der Waals surface area (Å²) in [5, 5.41) is 0.152. The van der Waals surface area contributed by atoms with Gasteiger partial charge in [0.2, 0.25) is 0 Å². The zero-order valence-electron chi connectivity index (χ0n) is 15.5. The SMILES string of the molecule is Cn1c(=O)n(CCN2CCOCC2)c(=O)c2nc(-c3ccccc3)c(Cl)nc21. The van der Waals surface area contributed by atoms with Crippen molar-refractivity contribution in [3.8, 4) is 11.3 Å². The van der Waals surface area contributed by atoms with E-state index in [9.17, 15) is 9.59 Å². The van der Waals surface area contributed by atoms with E-state index in [-0.39, 0.29) is 22.9 Å². The van der Waals surface area contributed by atoms with Crippen LogP contribution in [0, 0.1) is 0 Å². The van der Waals surface area contributed by atoms with Gasteiger partial charge in [0.1, 0.15) is 5.69 Å². The number of aromatic nitrogens is 4. The van der Waals surface area contributed by atoms with Gasteiger partial charge in [-0.05, 0) is 0 Å². The van der Waals surface area contributed by atoms with Crippen molar-refractivity contribution < 1.29 is 4.74 Å². The van der Waals surface area contributed by atoms with E-state index < -0.39 is 11.2 Å². The molecular weight excluding hydrogens is 382 g/mol. The molecule has 28 heavy (non-hydrogen) atoms. The van der Waals surface area contributed by atoms with Gasteiger partial charge in [0.05, 0.1) is 13.2 Å². The van der Waals surface area contributed by atoms with E-state index in [1.807, 2.05) is 30.3 Å². The zero-order valence-corrected chi connectivity index (χ0v) is 16.2. The number of nitrogens with zero attached hydrogens (tertiary/aromatic N) is 5. The Morgan fingerprint density at radius 1 is 1.07 bits per heavy atom. The third-order valence-electron chi connectivity index (χ3n) is 4.91. The Bertz CT molecular complexity index is 1120. The van der Waals surface area contributed by atoms with Crippen molar-refractivity contribution in [1.29, 1.82) is 0 Å². The summed E-state index contributed by atoms with van der Waals surface area (Å²) in [6, 6.07) is 9.30. The highest BCUT2D eigenvalue weighted by Crippen LogP contribution is 2.25. The van der Waals surface area contributed by atoms with E-state index in [1.165, 1.54) is 9.13 Å². The standard InChI is InChI=1S/C19H20ClN5O3/c1-23-17-15(21-14(16(20)22-17)13-5-3-2-4-6-13)18(26)25(19(23)27)8-7-24-9-11-28-12-10-24/h2-6H,7-12H2,1H3. The number of ether oxygens (including phenoxy) is 1. The molecule has 8 nitrogen and oxygen atoms in total. The van der Waals surface area contributed by atoms with Gasteiger partial charge in [0.25, 0.3) is 5.56 Å². The Morgan fingerprint density at radius 3 is 2.50 bits per heavy atom. The van der Waals surface area contributed by atoms with Crippen LogP contribution in [0.25, 0.3) is 22.4 Å². The van der Waals surface area contributed by atoms with Gasteiger partial charge in [-0.1, -0.05) is 41.9 Å². The molecule has 1 fully saturated rings. The van der Waals surface area contributed by atoms with Crippen LogP contribution in [0.4, 0.5) is 0 Å². The number of hydrogen-bond acceptors (Lipinski definition) is 6. The topological polar surface area (TPSA) is 82.3 Å². The second-order valence-electron chi connectivity index (χ2n) is 6.65. The molecule has 0 unspecified atom stereocenters. The molecule has 0 atom stereocenters. The maximum atomic E-state index is 13.0. The lowest BCUT2D eigenvalue weighted by Gasteiger charge is -2.26. The second-order valence-corrected chi connectivity index (χ2v) is 7.01. The largest absolute Gasteiger partial charge is 0.379 e. The second kappa shape index (κ2) is 7.83. The van der Waals surface area contributed by atoms with Crippen LogP contribution in [0.15, 0.2) is 39.9 Å². The minimum absolute atomic E-state index is 0.132. The maximum absolute atomic E-state index is 13.0. The molecule has 146 valence electrons. The van der Waals surface area contributed by atoms with Gasteiger partial charge in [0, 0.05) is 38.8 Å². The third-order valence-corrected chi connectivity index (χ3v) is 5.17. The molecule has 0 amide bonds. The van der Waals surface area contributed by atoms with Crippen LogP contribution in [0.2, 0.25) is 5.15 Å². The lowest BCUT2D eigenvalue weighted by molar-refractivity contribution is 0.0361. The molecule has 0 N–H and O–H groups in total. The summed E-state index contributed by atoms with van der Waals surface area (Å²) < 4.78 is 7.88. The Balaban J connectivity index is 1.79. The Hall–Kier alpha value is -2.55. The highest BCUT2D eigenvalue weighted by Gasteiger charge is 2.18. The number of hydrogen-bond donors (Lipinski definition) is 0. The highest BCUT2D eigenvalue weighted by atomic mass is 35.5. The van der Waals surface area contributed by atoms with Crippen LogP contribution in [-0.4, -0.2) is 56.9 Å². The number of rotatable bonds is 4. The predicted molar refractivity (Wildman–Crippen MR) is 107 cm³/mol. The van der Waals surface area contributed by atoms with Crippen LogP contribution in [0.1, 0.15) is 0 Å². The van der Waals surface area contributed by atoms with Crippen LogP contribution >= 0.6 is 11.6 Å². The van der Waals surface area contributed by atoms with Gasteiger partial charge in [-0.2, -0.15) is 0 Å². The minimum Gasteiger partial charge on any atom is -0.379 e. The molecule has 1 saturated heterocycles. The number of aryl methyl sites for hydroxylation is 1. The number of morpholine rings is 1. The fourth-order valence-electron chi connectivity index (χ4n) is 3.31. The molecular formula is C19H20ClN5O3. The Kier molecular flexibility index (Phi) is 5.25. The van der Waals surface area contributed by atoms with Gasteiger partial charge >= 0.3 is 5.69 Å². The third kappa shape index (κ3) is 3.46. The first-order valence-corrected chi connectivity index (χ1v) is 9.46. The molecule has 0 radical (unpaired) electrons. The Morgan fingerprint density at radius 2 is 1.79 bits per heavy atom. The van der Waals surface area contributed by atoms with E-state index in [0.717, 1.165) is 18.7 Å². The highest BCUT2D eigenvalue weighted by molar-refractivity contribution is 6.32. The average molecular weight is 402 g/mol. The molecule has 0 bridgehead atoms. The van der Waals surface area contributed by atoms with Crippen molar-refractivity contribution in [2.45, 2.75) is 6.54 Å². The summed E-state index contributed by atoms with van der Waals surface area (Å²) in [4.78, 5) is 36.7. The molecule has 1 aliphatic rings. The molecule has 0 saturated carbocycles. The van der Waals surface area contributed by atoms with Gasteiger partial charge in [-0.3, -0.25) is 18.8 Å². The van der Waals surface area contributed by atoms with Crippen molar-refractivity contribution in [3.63, 3.8) is 0 Å². The van der Waals surface area contributed by atoms with Crippen LogP contribution in [-0.2, 0) is 18.3 Å². The molecule has 4 rings (SSSR count).